The number of esters is 1. The normalized spacial score (nSPS) is 21.0. The largest absolute Gasteiger partial charge is 0.477 e. The molecule has 210 valence electrons. The summed E-state index contributed by atoms with van der Waals surface area (Å²) in [7, 11) is 0. The van der Waals surface area contributed by atoms with Crippen molar-refractivity contribution in [3.63, 3.8) is 0 Å². The summed E-state index contributed by atoms with van der Waals surface area (Å²) in [6.07, 6.45) is 1.75. The Bertz CT molecular complexity index is 1260. The monoisotopic (exact) mass is 616 g/mol. The van der Waals surface area contributed by atoms with E-state index < -0.39 is 53.1 Å². The fourth-order valence-corrected chi connectivity index (χ4v) is 7.06. The molecule has 3 aliphatic heterocycles. The second-order valence-electron chi connectivity index (χ2n) is 8.98. The number of amides is 2. The third kappa shape index (κ3) is 6.95. The second-order valence-corrected chi connectivity index (χ2v) is 12.9. The first-order chi connectivity index (χ1) is 18.4. The lowest BCUT2D eigenvalue weighted by Crippen LogP contribution is -2.71. The molecule has 1 saturated heterocycles. The molecule has 1 aromatic heterocycles. The molecule has 4 rings (SSSR count). The Morgan fingerprint density at radius 3 is 2.74 bits per heavy atom. The Morgan fingerprint density at radius 2 is 2.13 bits per heavy atom. The summed E-state index contributed by atoms with van der Waals surface area (Å²) < 4.78 is 10.8. The minimum absolute atomic E-state index is 0.0611. The van der Waals surface area contributed by atoms with E-state index in [1.54, 1.807) is 30.8 Å². The molecule has 0 aliphatic carbocycles. The summed E-state index contributed by atoms with van der Waals surface area (Å²) in [6.45, 7) is 4.47. The number of fused-ring (bicyclic) bond motifs is 1. The predicted octanol–water partition coefficient (Wildman–Crippen LogP) is 0.519. The van der Waals surface area contributed by atoms with Gasteiger partial charge in [-0.15, -0.1) is 11.8 Å². The highest BCUT2D eigenvalue weighted by atomic mass is 32.2. The number of nitrogens with two attached hydrogens (primary N) is 1. The molecule has 1 fully saturated rings. The predicted molar refractivity (Wildman–Crippen MR) is 148 cm³/mol. The van der Waals surface area contributed by atoms with Gasteiger partial charge < -0.3 is 25.7 Å². The molecule has 39 heavy (non-hydrogen) atoms. The summed E-state index contributed by atoms with van der Waals surface area (Å²) in [6, 6.07) is -1.03. The Balaban J connectivity index is 1.45. The van der Waals surface area contributed by atoms with E-state index in [0.29, 0.717) is 17.1 Å². The Hall–Kier alpha value is -3.03. The molecular weight excluding hydrogens is 593 g/mol. The average molecular weight is 617 g/mol. The van der Waals surface area contributed by atoms with Crippen LogP contribution in [0.1, 0.15) is 26.6 Å². The molecule has 0 bridgehead atoms. The number of rotatable bonds is 10. The lowest BCUT2D eigenvalue weighted by Gasteiger charge is -2.49. The number of anilines is 1. The van der Waals surface area contributed by atoms with Gasteiger partial charge in [0.05, 0.1) is 5.75 Å². The van der Waals surface area contributed by atoms with E-state index in [0.717, 1.165) is 17.3 Å². The van der Waals surface area contributed by atoms with E-state index in [-0.39, 0.29) is 16.7 Å². The second kappa shape index (κ2) is 12.0. The summed E-state index contributed by atoms with van der Waals surface area (Å²) in [5.41, 5.74) is 4.96. The lowest BCUT2D eigenvalue weighted by atomic mass is 10.0. The van der Waals surface area contributed by atoms with Gasteiger partial charge in [0.2, 0.25) is 18.1 Å². The lowest BCUT2D eigenvalue weighted by molar-refractivity contribution is -0.160. The number of carboxylic acid groups (broad SMARTS) is 1. The van der Waals surface area contributed by atoms with Crippen molar-refractivity contribution in [3.8, 4) is 0 Å². The van der Waals surface area contributed by atoms with Gasteiger partial charge >= 0.3 is 11.9 Å². The van der Waals surface area contributed by atoms with Crippen LogP contribution in [0.25, 0.3) is 0 Å². The first-order valence-corrected chi connectivity index (χ1v) is 15.0. The summed E-state index contributed by atoms with van der Waals surface area (Å²) in [5.74, 6) is -2.12. The molecule has 4 heterocycles. The van der Waals surface area contributed by atoms with Crippen molar-refractivity contribution >= 4 is 88.0 Å². The van der Waals surface area contributed by atoms with Crippen molar-refractivity contribution in [3.05, 3.63) is 17.1 Å². The number of nitrogens with zero attached hydrogens (tertiary/aromatic N) is 6. The number of β-lactam (4-membered cyclic amide) rings is 1. The molecule has 2 atom stereocenters. The third-order valence-electron chi connectivity index (χ3n) is 4.95. The van der Waals surface area contributed by atoms with Crippen molar-refractivity contribution < 1.29 is 33.9 Å². The number of aromatic nitrogens is 2. The highest BCUT2D eigenvalue weighted by molar-refractivity contribution is 8.12. The number of thioether (sulfide) groups is 1. The van der Waals surface area contributed by atoms with Gasteiger partial charge in [0.15, 0.2) is 5.13 Å². The fourth-order valence-electron chi connectivity index (χ4n) is 3.47. The molecule has 19 heteroatoms. The number of carbonyl (C=O) groups is 4. The van der Waals surface area contributed by atoms with Gasteiger partial charge in [0.1, 0.15) is 22.7 Å². The van der Waals surface area contributed by atoms with Crippen LogP contribution in [0.3, 0.4) is 0 Å². The van der Waals surface area contributed by atoms with Crippen molar-refractivity contribution in [2.75, 3.05) is 29.6 Å². The molecule has 2 amide bonds. The van der Waals surface area contributed by atoms with Crippen LogP contribution in [0.4, 0.5) is 5.13 Å². The van der Waals surface area contributed by atoms with Gasteiger partial charge in [-0.1, -0.05) is 5.16 Å². The van der Waals surface area contributed by atoms with Crippen molar-refractivity contribution in [1.29, 1.82) is 0 Å². The van der Waals surface area contributed by atoms with Crippen LogP contribution in [0.5, 0.6) is 0 Å². The van der Waals surface area contributed by atoms with Gasteiger partial charge in [-0.3, -0.25) is 14.5 Å². The number of nitrogen functional groups attached to an aromatic ring is 1. The molecule has 0 aromatic carbocycles. The van der Waals surface area contributed by atoms with E-state index in [1.165, 1.54) is 40.6 Å². The van der Waals surface area contributed by atoms with E-state index in [1.807, 2.05) is 0 Å². The number of oxime groups is 1. The van der Waals surface area contributed by atoms with Crippen LogP contribution in [-0.2, 0) is 28.8 Å². The van der Waals surface area contributed by atoms with E-state index in [2.05, 4.69) is 24.9 Å². The number of ether oxygens (including phenoxy) is 1. The number of nitrogens with one attached hydrogen (secondary N) is 1. The van der Waals surface area contributed by atoms with Crippen molar-refractivity contribution in [1.82, 2.24) is 23.4 Å². The van der Waals surface area contributed by atoms with Crippen LogP contribution in [0.2, 0.25) is 0 Å². The number of carboxylic acids is 1. The number of hydrazone groups is 1. The first-order valence-electron chi connectivity index (χ1n) is 11.2. The van der Waals surface area contributed by atoms with Crippen LogP contribution in [-0.4, -0.2) is 99.7 Å². The Kier molecular flexibility index (Phi) is 8.92. The quantitative estimate of drug-likeness (QED) is 0.108. The summed E-state index contributed by atoms with van der Waals surface area (Å²) >= 11 is 4.96. The van der Waals surface area contributed by atoms with E-state index >= 15 is 0 Å². The highest BCUT2D eigenvalue weighted by Crippen LogP contribution is 2.42. The van der Waals surface area contributed by atoms with Crippen LogP contribution < -0.4 is 11.1 Å². The molecular formula is C20H24N8O7S4. The smallest absolute Gasteiger partial charge is 0.352 e. The Morgan fingerprint density at radius 1 is 1.36 bits per heavy atom. The van der Waals surface area contributed by atoms with Gasteiger partial charge in [0.25, 0.3) is 11.8 Å². The summed E-state index contributed by atoms with van der Waals surface area (Å²) in [5, 5.41) is 19.7. The number of aliphatic carboxylic acids is 1. The third-order valence-corrected chi connectivity index (χ3v) is 8.87. The molecule has 0 spiro atoms. The van der Waals surface area contributed by atoms with Crippen molar-refractivity contribution in [2.24, 2.45) is 10.3 Å². The average Bonchev–Trinajstić information content (AvgIpc) is 3.53. The maximum absolute atomic E-state index is 13.1. The van der Waals surface area contributed by atoms with Gasteiger partial charge in [-0.2, -0.15) is 18.3 Å². The SMILES string of the molecule is CC(C)(C)OC(=O)CON=C(C(=O)NC1C(=O)N2C(C(=O)O)=C(CSN3N=CCS3)CS[C@@H]12)c1nsc(N)n1. The zero-order chi connectivity index (χ0) is 28.3. The maximum atomic E-state index is 13.1. The number of hydrogen-bond donors (Lipinski definition) is 3. The van der Waals surface area contributed by atoms with E-state index in [4.69, 9.17) is 15.3 Å². The minimum atomic E-state index is -1.23. The molecule has 0 radical (unpaired) electrons. The summed E-state index contributed by atoms with van der Waals surface area (Å²) in [4.78, 5) is 60.3. The van der Waals surface area contributed by atoms with Gasteiger partial charge in [0, 0.05) is 29.3 Å². The van der Waals surface area contributed by atoms with Crippen LogP contribution in [0, 0.1) is 0 Å². The topological polar surface area (TPSA) is 202 Å². The first kappa shape index (κ1) is 29.0. The van der Waals surface area contributed by atoms with Crippen LogP contribution >= 0.6 is 47.2 Å². The highest BCUT2D eigenvalue weighted by Gasteiger charge is 2.54. The minimum Gasteiger partial charge on any atom is -0.477 e. The number of hydrogen-bond acceptors (Lipinski definition) is 16. The molecule has 3 aliphatic rings. The maximum Gasteiger partial charge on any atom is 0.352 e. The van der Waals surface area contributed by atoms with Crippen LogP contribution in [0.15, 0.2) is 21.5 Å². The zero-order valence-electron chi connectivity index (χ0n) is 20.9. The Labute approximate surface area is 239 Å². The molecule has 15 nitrogen and oxygen atoms in total. The molecule has 0 saturated carbocycles. The molecule has 1 unspecified atom stereocenters. The molecule has 4 N–H and O–H groups in total. The van der Waals surface area contributed by atoms with Gasteiger partial charge in [-0.05, 0) is 50.2 Å². The standard InChI is InChI=1S/C20H24N8O7S4/c1-20(2,3)35-10(29)6-34-25-11(14-24-19(21)39-26-14)15(30)23-12-16(31)27-13(18(32)33)9(7-36-17(12)27)8-38-28-22-4-5-37-28/h4,12,17H,5-8H2,1-3H3,(H,23,30)(H,32,33)(H2,21,24,26)/t12?,17-/m0/s1. The fraction of sp³-hybridized carbons (Fsp3) is 0.500. The molecule has 1 aromatic rings. The van der Waals surface area contributed by atoms with Gasteiger partial charge in [-0.25, -0.2) is 9.59 Å². The van der Waals surface area contributed by atoms with Crippen molar-refractivity contribution in [2.45, 2.75) is 37.8 Å². The number of carbonyl (C=O) groups excluding carboxylic acids is 3. The zero-order valence-corrected chi connectivity index (χ0v) is 24.1. The van der Waals surface area contributed by atoms with E-state index in [9.17, 15) is 24.3 Å².